The molecule has 3 rings (SSSR count). The van der Waals surface area contributed by atoms with Gasteiger partial charge in [-0.1, -0.05) is 35.9 Å². The van der Waals surface area contributed by atoms with Gasteiger partial charge in [0.05, 0.1) is 17.8 Å². The monoisotopic (exact) mass is 210 g/mol. The minimum absolute atomic E-state index is 0.393. The van der Waals surface area contributed by atoms with Crippen LogP contribution in [0.3, 0.4) is 0 Å². The van der Waals surface area contributed by atoms with Crippen molar-refractivity contribution in [2.24, 2.45) is 0 Å². The Morgan fingerprint density at radius 2 is 1.81 bits per heavy atom. The third kappa shape index (κ3) is 1.72. The average molecular weight is 210 g/mol. The molecule has 16 heavy (non-hydrogen) atoms. The molecule has 2 unspecified atom stereocenters. The van der Waals surface area contributed by atoms with Gasteiger partial charge in [-0.25, -0.2) is 0 Å². The number of nitrogens with one attached hydrogen (secondary N) is 1. The number of pyridine rings is 1. The van der Waals surface area contributed by atoms with Gasteiger partial charge in [-0.2, -0.15) is 0 Å². The molecule has 1 aliphatic rings. The molecule has 80 valence electrons. The van der Waals surface area contributed by atoms with Crippen molar-refractivity contribution in [1.82, 2.24) is 10.3 Å². The summed E-state index contributed by atoms with van der Waals surface area (Å²) in [4.78, 5) is 4.37. The second kappa shape index (κ2) is 3.72. The predicted molar refractivity (Wildman–Crippen MR) is 64.0 cm³/mol. The van der Waals surface area contributed by atoms with Gasteiger partial charge in [0.15, 0.2) is 0 Å². The van der Waals surface area contributed by atoms with E-state index in [0.717, 1.165) is 5.69 Å². The maximum Gasteiger partial charge on any atom is 0.0698 e. The molecule has 0 bridgehead atoms. The van der Waals surface area contributed by atoms with Crippen LogP contribution in [0.2, 0.25) is 0 Å². The van der Waals surface area contributed by atoms with Crippen molar-refractivity contribution < 1.29 is 0 Å². The molecule has 1 aromatic carbocycles. The molecule has 2 aromatic rings. The zero-order chi connectivity index (χ0) is 11.0. The van der Waals surface area contributed by atoms with Crippen LogP contribution in [0.1, 0.15) is 28.9 Å². The van der Waals surface area contributed by atoms with Crippen LogP contribution >= 0.6 is 0 Å². The Morgan fingerprint density at radius 3 is 2.50 bits per heavy atom. The fraction of sp³-hybridized carbons (Fsp3) is 0.214. The molecule has 2 heteroatoms. The summed E-state index contributed by atoms with van der Waals surface area (Å²) in [6, 6.07) is 15.6. The molecule has 0 amide bonds. The molecule has 1 N–H and O–H groups in total. The zero-order valence-corrected chi connectivity index (χ0v) is 9.22. The van der Waals surface area contributed by atoms with Gasteiger partial charge >= 0.3 is 0 Å². The zero-order valence-electron chi connectivity index (χ0n) is 9.22. The molecule has 0 saturated carbocycles. The van der Waals surface area contributed by atoms with Crippen LogP contribution in [-0.4, -0.2) is 4.98 Å². The highest BCUT2D eigenvalue weighted by atomic mass is 15.2. The SMILES string of the molecule is Cc1ccc(C2NC2c2ccccn2)cc1. The van der Waals surface area contributed by atoms with Crippen molar-refractivity contribution in [3.8, 4) is 0 Å². The lowest BCUT2D eigenvalue weighted by Crippen LogP contribution is -1.87. The molecule has 0 radical (unpaired) electrons. The number of nitrogens with zero attached hydrogens (tertiary/aromatic N) is 1. The number of hydrogen-bond donors (Lipinski definition) is 1. The largest absolute Gasteiger partial charge is 0.298 e. The number of benzene rings is 1. The minimum Gasteiger partial charge on any atom is -0.298 e. The quantitative estimate of drug-likeness (QED) is 0.773. The van der Waals surface area contributed by atoms with Gasteiger partial charge in [0.25, 0.3) is 0 Å². The summed E-state index contributed by atoms with van der Waals surface area (Å²) >= 11 is 0. The van der Waals surface area contributed by atoms with Gasteiger partial charge in [-0.05, 0) is 24.6 Å². The van der Waals surface area contributed by atoms with Crippen molar-refractivity contribution >= 4 is 0 Å². The van der Waals surface area contributed by atoms with Crippen LogP contribution < -0.4 is 5.32 Å². The summed E-state index contributed by atoms with van der Waals surface area (Å²) in [5.41, 5.74) is 3.79. The second-order valence-electron chi connectivity index (χ2n) is 4.29. The van der Waals surface area contributed by atoms with Crippen LogP contribution in [0.5, 0.6) is 0 Å². The number of rotatable bonds is 2. The molecular weight excluding hydrogens is 196 g/mol. The predicted octanol–water partition coefficient (Wildman–Crippen LogP) is 2.78. The topological polar surface area (TPSA) is 34.8 Å². The molecule has 1 saturated heterocycles. The van der Waals surface area contributed by atoms with Crippen molar-refractivity contribution in [2.45, 2.75) is 19.0 Å². The molecule has 1 aliphatic heterocycles. The second-order valence-corrected chi connectivity index (χ2v) is 4.29. The van der Waals surface area contributed by atoms with E-state index in [-0.39, 0.29) is 0 Å². The summed E-state index contributed by atoms with van der Waals surface area (Å²) in [6.45, 7) is 2.11. The first kappa shape index (κ1) is 9.55. The summed E-state index contributed by atoms with van der Waals surface area (Å²) in [5, 5.41) is 3.46. The first-order valence-corrected chi connectivity index (χ1v) is 5.58. The summed E-state index contributed by atoms with van der Waals surface area (Å²) in [7, 11) is 0. The molecule has 2 nitrogen and oxygen atoms in total. The van der Waals surface area contributed by atoms with Gasteiger partial charge in [-0.15, -0.1) is 0 Å². The Balaban J connectivity index is 1.79. The fourth-order valence-corrected chi connectivity index (χ4v) is 2.02. The number of hydrogen-bond acceptors (Lipinski definition) is 2. The van der Waals surface area contributed by atoms with E-state index in [0.29, 0.717) is 12.1 Å². The van der Waals surface area contributed by atoms with E-state index in [1.807, 2.05) is 18.3 Å². The summed E-state index contributed by atoms with van der Waals surface area (Å²) < 4.78 is 0. The van der Waals surface area contributed by atoms with Crippen molar-refractivity contribution in [3.63, 3.8) is 0 Å². The van der Waals surface area contributed by atoms with E-state index in [2.05, 4.69) is 47.6 Å². The third-order valence-electron chi connectivity index (χ3n) is 3.03. The van der Waals surface area contributed by atoms with E-state index >= 15 is 0 Å². The molecule has 0 aliphatic carbocycles. The van der Waals surface area contributed by atoms with Crippen LogP contribution in [-0.2, 0) is 0 Å². The average Bonchev–Trinajstić information content (AvgIpc) is 3.11. The van der Waals surface area contributed by atoms with E-state index in [4.69, 9.17) is 0 Å². The van der Waals surface area contributed by atoms with Crippen LogP contribution in [0.25, 0.3) is 0 Å². The van der Waals surface area contributed by atoms with Crippen molar-refractivity contribution in [1.29, 1.82) is 0 Å². The van der Waals surface area contributed by atoms with Gasteiger partial charge in [0, 0.05) is 6.20 Å². The van der Waals surface area contributed by atoms with Crippen molar-refractivity contribution in [3.05, 3.63) is 65.5 Å². The van der Waals surface area contributed by atoms with Crippen LogP contribution in [0, 0.1) is 6.92 Å². The van der Waals surface area contributed by atoms with Crippen molar-refractivity contribution in [2.75, 3.05) is 0 Å². The van der Waals surface area contributed by atoms with Gasteiger partial charge in [0.1, 0.15) is 0 Å². The lowest BCUT2D eigenvalue weighted by atomic mass is 10.1. The molecule has 2 atom stereocenters. The molecular formula is C14H14N2. The first-order valence-electron chi connectivity index (χ1n) is 5.58. The Morgan fingerprint density at radius 1 is 1.00 bits per heavy atom. The van der Waals surface area contributed by atoms with Crippen LogP contribution in [0.15, 0.2) is 48.7 Å². The van der Waals surface area contributed by atoms with Gasteiger partial charge in [-0.3, -0.25) is 10.3 Å². The number of aromatic nitrogens is 1. The highest BCUT2D eigenvalue weighted by Crippen LogP contribution is 2.41. The van der Waals surface area contributed by atoms with E-state index in [1.54, 1.807) is 0 Å². The summed E-state index contributed by atoms with van der Waals surface area (Å²) in [5.74, 6) is 0. The Bertz CT molecular complexity index is 476. The third-order valence-corrected chi connectivity index (χ3v) is 3.03. The molecule has 1 aromatic heterocycles. The normalized spacial score (nSPS) is 23.1. The number of aryl methyl sites for hydroxylation is 1. The Labute approximate surface area is 95.3 Å². The Hall–Kier alpha value is -1.67. The van der Waals surface area contributed by atoms with Crippen LogP contribution in [0.4, 0.5) is 0 Å². The highest BCUT2D eigenvalue weighted by Gasteiger charge is 2.39. The first-order chi connectivity index (χ1) is 7.84. The lowest BCUT2D eigenvalue weighted by molar-refractivity contribution is 0.962. The maximum absolute atomic E-state index is 4.37. The molecule has 2 heterocycles. The fourth-order valence-electron chi connectivity index (χ4n) is 2.02. The Kier molecular flexibility index (Phi) is 2.22. The smallest absolute Gasteiger partial charge is 0.0698 e. The maximum atomic E-state index is 4.37. The minimum atomic E-state index is 0.393. The van der Waals surface area contributed by atoms with Gasteiger partial charge < -0.3 is 0 Å². The van der Waals surface area contributed by atoms with E-state index in [9.17, 15) is 0 Å². The molecule has 1 fully saturated rings. The lowest BCUT2D eigenvalue weighted by Gasteiger charge is -1.99. The van der Waals surface area contributed by atoms with Gasteiger partial charge in [0.2, 0.25) is 0 Å². The van der Waals surface area contributed by atoms with E-state index < -0.39 is 0 Å². The summed E-state index contributed by atoms with van der Waals surface area (Å²) in [6.07, 6.45) is 1.85. The highest BCUT2D eigenvalue weighted by molar-refractivity contribution is 5.32. The standard InChI is InChI=1S/C14H14N2/c1-10-5-7-11(8-6-10)13-14(16-13)12-4-2-3-9-15-12/h2-9,13-14,16H,1H3. The van der Waals surface area contributed by atoms with E-state index in [1.165, 1.54) is 11.1 Å². The molecule has 0 spiro atoms.